The zero-order valence-electron chi connectivity index (χ0n) is 15.7. The van der Waals surface area contributed by atoms with Crippen LogP contribution in [0.5, 0.6) is 0 Å². The van der Waals surface area contributed by atoms with Crippen LogP contribution in [0.1, 0.15) is 27.2 Å². The molecule has 1 aromatic heterocycles. The molecule has 0 unspecified atom stereocenters. The van der Waals surface area contributed by atoms with E-state index in [-0.39, 0.29) is 23.4 Å². The largest absolute Gasteiger partial charge is 0.348 e. The molecular weight excluding hydrogens is 409 g/mol. The molecule has 5 nitrogen and oxygen atoms in total. The lowest BCUT2D eigenvalue weighted by molar-refractivity contribution is -0.115. The predicted octanol–water partition coefficient (Wildman–Crippen LogP) is 4.81. The van der Waals surface area contributed by atoms with Crippen molar-refractivity contribution in [2.75, 3.05) is 5.32 Å². The van der Waals surface area contributed by atoms with Gasteiger partial charge in [0.2, 0.25) is 5.91 Å². The molecule has 7 heteroatoms. The van der Waals surface area contributed by atoms with E-state index in [1.54, 1.807) is 37.3 Å². The number of carbonyl (C=O) groups is 2. The number of para-hydroxylation sites is 1. The third kappa shape index (κ3) is 5.56. The van der Waals surface area contributed by atoms with Crippen LogP contribution < -0.4 is 10.6 Å². The molecule has 0 spiro atoms. The van der Waals surface area contributed by atoms with Gasteiger partial charge in [0, 0.05) is 22.8 Å². The van der Waals surface area contributed by atoms with Gasteiger partial charge >= 0.3 is 0 Å². The van der Waals surface area contributed by atoms with Gasteiger partial charge in [0.1, 0.15) is 5.15 Å². The van der Waals surface area contributed by atoms with Crippen molar-refractivity contribution in [1.29, 1.82) is 0 Å². The molecule has 0 radical (unpaired) electrons. The van der Waals surface area contributed by atoms with E-state index in [0.717, 1.165) is 5.56 Å². The number of aryl methyl sites for hydroxylation is 1. The molecule has 2 N–H and O–H groups in total. The zero-order valence-corrected chi connectivity index (χ0v) is 17.2. The number of rotatable bonds is 6. The van der Waals surface area contributed by atoms with Crippen molar-refractivity contribution in [2.24, 2.45) is 0 Å². The SMILES string of the molecule is Cc1cc(Cl)c(CC(=O)Nc2ccccc2C(=O)NCc2ccccc2)c(Cl)n1. The third-order valence-electron chi connectivity index (χ3n) is 4.23. The molecule has 0 bridgehead atoms. The Hall–Kier alpha value is -2.89. The van der Waals surface area contributed by atoms with Crippen molar-refractivity contribution in [3.63, 3.8) is 0 Å². The first kappa shape index (κ1) is 20.8. The maximum Gasteiger partial charge on any atom is 0.253 e. The van der Waals surface area contributed by atoms with Gasteiger partial charge in [-0.05, 0) is 30.7 Å². The van der Waals surface area contributed by atoms with Gasteiger partial charge in [-0.3, -0.25) is 9.59 Å². The van der Waals surface area contributed by atoms with E-state index < -0.39 is 0 Å². The number of hydrogen-bond donors (Lipinski definition) is 2. The number of anilines is 1. The average Bonchev–Trinajstić information content (AvgIpc) is 2.70. The van der Waals surface area contributed by atoms with Crippen LogP contribution >= 0.6 is 23.2 Å². The summed E-state index contributed by atoms with van der Waals surface area (Å²) < 4.78 is 0. The van der Waals surface area contributed by atoms with Crippen molar-refractivity contribution >= 4 is 40.7 Å². The fourth-order valence-electron chi connectivity index (χ4n) is 2.80. The maximum atomic E-state index is 12.6. The van der Waals surface area contributed by atoms with E-state index in [1.165, 1.54) is 0 Å². The standard InChI is InChI=1S/C22H19Cl2N3O2/c1-14-11-18(23)17(21(24)26-14)12-20(28)27-19-10-6-5-9-16(19)22(29)25-13-15-7-3-2-4-8-15/h2-11H,12-13H2,1H3,(H,25,29)(H,27,28). The zero-order chi connectivity index (χ0) is 20.8. The van der Waals surface area contributed by atoms with E-state index in [2.05, 4.69) is 15.6 Å². The average molecular weight is 428 g/mol. The van der Waals surface area contributed by atoms with Crippen LogP contribution in [0.15, 0.2) is 60.7 Å². The molecule has 3 aromatic rings. The Morgan fingerprint density at radius 1 is 1.00 bits per heavy atom. The quantitative estimate of drug-likeness (QED) is 0.554. The van der Waals surface area contributed by atoms with Crippen LogP contribution in [0.3, 0.4) is 0 Å². The molecule has 29 heavy (non-hydrogen) atoms. The Labute approximate surface area is 179 Å². The highest BCUT2D eigenvalue weighted by molar-refractivity contribution is 6.35. The molecular formula is C22H19Cl2N3O2. The molecule has 0 saturated carbocycles. The predicted molar refractivity (Wildman–Crippen MR) is 115 cm³/mol. The molecule has 0 aliphatic heterocycles. The topological polar surface area (TPSA) is 71.1 Å². The van der Waals surface area contributed by atoms with E-state index in [9.17, 15) is 9.59 Å². The van der Waals surface area contributed by atoms with Gasteiger partial charge in [-0.25, -0.2) is 4.98 Å². The highest BCUT2D eigenvalue weighted by Crippen LogP contribution is 2.25. The lowest BCUT2D eigenvalue weighted by Gasteiger charge is -2.12. The van der Waals surface area contributed by atoms with Gasteiger partial charge in [0.15, 0.2) is 0 Å². The van der Waals surface area contributed by atoms with Crippen LogP contribution in [0.4, 0.5) is 5.69 Å². The molecule has 2 aromatic carbocycles. The lowest BCUT2D eigenvalue weighted by atomic mass is 10.1. The van der Waals surface area contributed by atoms with E-state index in [1.807, 2.05) is 30.3 Å². The minimum Gasteiger partial charge on any atom is -0.348 e. The first-order chi connectivity index (χ1) is 13.9. The summed E-state index contributed by atoms with van der Waals surface area (Å²) in [6.07, 6.45) is -0.0507. The molecule has 1 heterocycles. The Bertz CT molecular complexity index is 1020. The molecule has 0 atom stereocenters. The molecule has 2 amide bonds. The number of amides is 2. The first-order valence-electron chi connectivity index (χ1n) is 8.96. The second-order valence-electron chi connectivity index (χ2n) is 6.45. The minimum absolute atomic E-state index is 0.0507. The molecule has 148 valence electrons. The van der Waals surface area contributed by atoms with E-state index >= 15 is 0 Å². The fraction of sp³-hybridized carbons (Fsp3) is 0.136. The Balaban J connectivity index is 1.70. The van der Waals surface area contributed by atoms with E-state index in [4.69, 9.17) is 23.2 Å². The van der Waals surface area contributed by atoms with Crippen molar-refractivity contribution in [3.05, 3.63) is 93.2 Å². The number of halogens is 2. The summed E-state index contributed by atoms with van der Waals surface area (Å²) in [7, 11) is 0. The Morgan fingerprint density at radius 3 is 2.41 bits per heavy atom. The summed E-state index contributed by atoms with van der Waals surface area (Å²) in [4.78, 5) is 29.3. The van der Waals surface area contributed by atoms with Crippen LogP contribution in [0.25, 0.3) is 0 Å². The Morgan fingerprint density at radius 2 is 1.69 bits per heavy atom. The van der Waals surface area contributed by atoms with Gasteiger partial charge in [0.25, 0.3) is 5.91 Å². The van der Waals surface area contributed by atoms with Crippen LogP contribution in [0, 0.1) is 6.92 Å². The number of nitrogens with zero attached hydrogens (tertiary/aromatic N) is 1. The number of pyridine rings is 1. The molecule has 0 fully saturated rings. The summed E-state index contributed by atoms with van der Waals surface area (Å²) in [5.74, 6) is -0.624. The minimum atomic E-state index is -0.345. The maximum absolute atomic E-state index is 12.6. The summed E-state index contributed by atoms with van der Waals surface area (Å²) in [5, 5.41) is 6.20. The van der Waals surface area contributed by atoms with Crippen molar-refractivity contribution < 1.29 is 9.59 Å². The summed E-state index contributed by atoms with van der Waals surface area (Å²) in [5.41, 5.74) is 2.89. The second-order valence-corrected chi connectivity index (χ2v) is 7.22. The Kier molecular flexibility index (Phi) is 6.86. The third-order valence-corrected chi connectivity index (χ3v) is 4.88. The normalized spacial score (nSPS) is 10.4. The molecule has 0 saturated heterocycles. The second kappa shape index (κ2) is 9.54. The summed E-state index contributed by atoms with van der Waals surface area (Å²) >= 11 is 12.3. The van der Waals surface area contributed by atoms with Crippen molar-refractivity contribution in [3.8, 4) is 0 Å². The van der Waals surface area contributed by atoms with Crippen LogP contribution in [0.2, 0.25) is 10.2 Å². The monoisotopic (exact) mass is 427 g/mol. The fourth-order valence-corrected chi connectivity index (χ4v) is 3.46. The van der Waals surface area contributed by atoms with Gasteiger partial charge < -0.3 is 10.6 Å². The lowest BCUT2D eigenvalue weighted by Crippen LogP contribution is -2.25. The molecule has 0 aliphatic rings. The van der Waals surface area contributed by atoms with E-state index in [0.29, 0.717) is 34.1 Å². The summed E-state index contributed by atoms with van der Waals surface area (Å²) in [6.45, 7) is 2.16. The number of aromatic nitrogens is 1. The van der Waals surface area contributed by atoms with Crippen molar-refractivity contribution in [2.45, 2.75) is 19.9 Å². The first-order valence-corrected chi connectivity index (χ1v) is 9.72. The van der Waals surface area contributed by atoms with Crippen molar-refractivity contribution in [1.82, 2.24) is 10.3 Å². The van der Waals surface area contributed by atoms with Crippen LogP contribution in [-0.4, -0.2) is 16.8 Å². The number of hydrogen-bond acceptors (Lipinski definition) is 3. The number of benzene rings is 2. The number of carbonyl (C=O) groups excluding carboxylic acids is 2. The van der Waals surface area contributed by atoms with Crippen LogP contribution in [-0.2, 0) is 17.8 Å². The molecule has 3 rings (SSSR count). The molecule has 0 aliphatic carbocycles. The summed E-state index contributed by atoms with van der Waals surface area (Å²) in [6, 6.07) is 18.1. The highest BCUT2D eigenvalue weighted by atomic mass is 35.5. The van der Waals surface area contributed by atoms with Gasteiger partial charge in [-0.1, -0.05) is 65.7 Å². The smallest absolute Gasteiger partial charge is 0.253 e. The van der Waals surface area contributed by atoms with Gasteiger partial charge in [0.05, 0.1) is 17.7 Å². The highest BCUT2D eigenvalue weighted by Gasteiger charge is 2.16. The number of nitrogens with one attached hydrogen (secondary N) is 2. The van der Waals surface area contributed by atoms with Gasteiger partial charge in [-0.2, -0.15) is 0 Å². The van der Waals surface area contributed by atoms with Gasteiger partial charge in [-0.15, -0.1) is 0 Å².